The van der Waals surface area contributed by atoms with Crippen LogP contribution in [-0.2, 0) is 26.0 Å². The fourth-order valence-electron chi connectivity index (χ4n) is 14.6. The topological polar surface area (TPSA) is 233 Å². The van der Waals surface area contributed by atoms with Crippen LogP contribution in [0.15, 0.2) is 96.2 Å². The first kappa shape index (κ1) is 58.0. The van der Waals surface area contributed by atoms with E-state index in [2.05, 4.69) is 76.8 Å². The third kappa shape index (κ3) is 11.9. The number of anilines is 5. The Bertz CT molecular complexity index is 3590. The van der Waals surface area contributed by atoms with Crippen LogP contribution in [0.2, 0.25) is 0 Å². The number of piperazine rings is 1. The number of hydrogen-bond acceptors (Lipinski definition) is 18. The monoisotopic (exact) mass is 1190 g/mol. The van der Waals surface area contributed by atoms with Crippen LogP contribution in [0.25, 0.3) is 11.0 Å². The van der Waals surface area contributed by atoms with Gasteiger partial charge in [0.1, 0.15) is 23.1 Å². The zero-order chi connectivity index (χ0) is 59.3. The minimum atomic E-state index is -4.64. The number of sulfonamides is 1. The summed E-state index contributed by atoms with van der Waals surface area (Å²) in [5, 5.41) is 26.9. The van der Waals surface area contributed by atoms with Gasteiger partial charge in [-0.1, -0.05) is 24.3 Å². The minimum absolute atomic E-state index is 0.0189. The molecule has 456 valence electrons. The number of H-pyrrole nitrogens is 1. The first-order chi connectivity index (χ1) is 41.6. The van der Waals surface area contributed by atoms with Gasteiger partial charge in [-0.05, 0) is 148 Å². The van der Waals surface area contributed by atoms with Gasteiger partial charge in [0, 0.05) is 120 Å². The number of nitro benzene ring substituents is 1. The predicted octanol–water partition coefficient (Wildman–Crippen LogP) is 8.74. The normalized spacial score (nSPS) is 24.7. The predicted molar refractivity (Wildman–Crippen MR) is 328 cm³/mol. The van der Waals surface area contributed by atoms with Gasteiger partial charge in [-0.15, -0.1) is 0 Å². The molecule has 0 radical (unpaired) electrons. The van der Waals surface area contributed by atoms with Crippen molar-refractivity contribution < 1.29 is 42.2 Å². The van der Waals surface area contributed by atoms with Crippen molar-refractivity contribution >= 4 is 61.2 Å². The number of fused-ring (bicyclic) bond motifs is 3. The summed E-state index contributed by atoms with van der Waals surface area (Å²) in [4.78, 5) is 51.4. The number of carbonyl (C=O) groups is 1. The lowest BCUT2D eigenvalue weighted by molar-refractivity contribution is -0.384. The van der Waals surface area contributed by atoms with Gasteiger partial charge >= 0.3 is 0 Å². The molecule has 5 aliphatic heterocycles. The molecule has 3 atom stereocenters. The molecule has 4 saturated heterocycles. The van der Waals surface area contributed by atoms with Gasteiger partial charge in [0.25, 0.3) is 21.6 Å². The Morgan fingerprint density at radius 2 is 1.70 bits per heavy atom. The highest BCUT2D eigenvalue weighted by molar-refractivity contribution is 7.90. The molecule has 2 saturated carbocycles. The van der Waals surface area contributed by atoms with Crippen molar-refractivity contribution in [3.05, 3.63) is 124 Å². The van der Waals surface area contributed by atoms with Gasteiger partial charge < -0.3 is 49.1 Å². The molecule has 7 aliphatic rings. The Labute approximate surface area is 502 Å². The first-order valence-electron chi connectivity index (χ1n) is 30.7. The number of hydrogen-bond donors (Lipinski definition) is 4. The molecule has 8 heterocycles. The Morgan fingerprint density at radius 1 is 0.895 bits per heavy atom. The molecular weight excluding hydrogens is 1110 g/mol. The maximum atomic E-state index is 14.9. The van der Waals surface area contributed by atoms with Crippen molar-refractivity contribution in [1.82, 2.24) is 29.5 Å². The van der Waals surface area contributed by atoms with E-state index in [1.54, 1.807) is 13.2 Å². The highest BCUT2D eigenvalue weighted by Crippen LogP contribution is 2.54. The fourth-order valence-corrected chi connectivity index (χ4v) is 15.6. The number of morpholine rings is 1. The van der Waals surface area contributed by atoms with Gasteiger partial charge in [-0.25, -0.2) is 18.1 Å². The summed E-state index contributed by atoms with van der Waals surface area (Å²) in [5.41, 5.74) is 5.84. The van der Waals surface area contributed by atoms with Crippen LogP contribution in [0, 0.1) is 34.3 Å². The van der Waals surface area contributed by atoms with Gasteiger partial charge in [-0.3, -0.25) is 24.7 Å². The average molecular weight is 1190 g/mol. The zero-order valence-electron chi connectivity index (χ0n) is 49.4. The standard InChI is InChI=1S/C64H79N11O10S/c1-42-6-4-5-7-50(42)56-40-70(38-44-30-57(82-3)60(67-37-44)72-25-28-83-29-26-72)23-24-73(56)48-34-64(35-48)18-21-71(22-19-64)47-8-10-51(53(32-47)74-39-46-15-27-84-41-58(46)85-62-55(74)31-45-14-20-65-59(45)68-62)61(76)69-86(80,81)49-9-11-52(54(33-49)75(78)79)66-36-43-12-16-63(2,77)17-13-43/h4-11,14,20,30-33,37,43,46,48,56,58,66,77H,12-13,15-19,21-29,34-36,38-41H2,1-3H3,(H,65,68)(H,69,76)/t43?,46-,56-,58+,63?/m0/s1. The summed E-state index contributed by atoms with van der Waals surface area (Å²) in [7, 11) is -2.92. The Hall–Kier alpha value is -7.08. The zero-order valence-corrected chi connectivity index (χ0v) is 50.2. The molecule has 2 aliphatic carbocycles. The van der Waals surface area contributed by atoms with E-state index in [9.17, 15) is 28.4 Å². The summed E-state index contributed by atoms with van der Waals surface area (Å²) in [6.07, 6.45) is 11.2. The molecule has 21 nitrogen and oxygen atoms in total. The number of amides is 1. The smallest absolute Gasteiger partial charge is 0.293 e. The Kier molecular flexibility index (Phi) is 16.1. The summed E-state index contributed by atoms with van der Waals surface area (Å²) < 4.78 is 55.0. The third-order valence-electron chi connectivity index (χ3n) is 19.8. The summed E-state index contributed by atoms with van der Waals surface area (Å²) in [6, 6.07) is 24.9. The van der Waals surface area contributed by atoms with Gasteiger partial charge in [0.15, 0.2) is 11.6 Å². The summed E-state index contributed by atoms with van der Waals surface area (Å²) in [6.45, 7) is 14.0. The van der Waals surface area contributed by atoms with E-state index in [-0.39, 0.29) is 40.6 Å². The maximum Gasteiger partial charge on any atom is 0.293 e. The number of nitrogens with zero attached hydrogens (tertiary/aromatic N) is 8. The second kappa shape index (κ2) is 23.9. The van der Waals surface area contributed by atoms with Crippen LogP contribution in [0.3, 0.4) is 0 Å². The van der Waals surface area contributed by atoms with E-state index in [1.807, 2.05) is 43.6 Å². The SMILES string of the molecule is COc1cc(CN2CCN(C3CC4(CCN(c5ccc(C(=O)NS(=O)(=O)c6ccc(NCC7CCC(C)(O)CC7)c([N+](=O)[O-])c6)c(N6C[C@@H]7CCOC[C@H]7Oc7nc8[nH]ccc8cc76)c5)CC4)C3)[C@H](c3ccccc3C)C2)cnc1N1CCOCC1. The van der Waals surface area contributed by atoms with Crippen LogP contribution in [0.1, 0.15) is 97.8 Å². The molecular formula is C64H79N11O10S. The van der Waals surface area contributed by atoms with E-state index in [0.29, 0.717) is 87.7 Å². The van der Waals surface area contributed by atoms with Crippen molar-refractivity contribution in [2.24, 2.45) is 17.3 Å². The molecule has 0 bridgehead atoms. The lowest BCUT2D eigenvalue weighted by Crippen LogP contribution is -2.59. The number of pyridine rings is 2. The van der Waals surface area contributed by atoms with E-state index >= 15 is 0 Å². The van der Waals surface area contributed by atoms with Crippen LogP contribution < -0.4 is 34.2 Å². The van der Waals surface area contributed by atoms with Crippen molar-refractivity contribution in [2.45, 2.75) is 107 Å². The second-order valence-electron chi connectivity index (χ2n) is 25.4. The van der Waals surface area contributed by atoms with Crippen LogP contribution in [0.4, 0.5) is 34.3 Å². The molecule has 13 rings (SSSR count). The second-order valence-corrected chi connectivity index (χ2v) is 27.1. The first-order valence-corrected chi connectivity index (χ1v) is 32.2. The van der Waals surface area contributed by atoms with E-state index in [1.165, 1.54) is 23.3 Å². The number of aryl methyl sites for hydroxylation is 1. The van der Waals surface area contributed by atoms with Gasteiger partial charge in [0.2, 0.25) is 5.88 Å². The minimum Gasteiger partial charge on any atom is -0.493 e. The molecule has 1 spiro atoms. The molecule has 6 aromatic rings. The lowest BCUT2D eigenvalue weighted by atomic mass is 9.59. The van der Waals surface area contributed by atoms with Crippen LogP contribution >= 0.6 is 0 Å². The third-order valence-corrected chi connectivity index (χ3v) is 21.1. The molecule has 6 fully saturated rings. The van der Waals surface area contributed by atoms with Crippen LogP contribution in [-0.4, -0.2) is 159 Å². The van der Waals surface area contributed by atoms with Crippen LogP contribution in [0.5, 0.6) is 11.6 Å². The average Bonchev–Trinajstić information content (AvgIpc) is 1.44. The largest absolute Gasteiger partial charge is 0.493 e. The molecule has 0 unspecified atom stereocenters. The van der Waals surface area contributed by atoms with E-state index in [0.717, 1.165) is 125 Å². The molecule has 86 heavy (non-hydrogen) atoms. The molecule has 4 N–H and O–H groups in total. The summed E-state index contributed by atoms with van der Waals surface area (Å²) in [5.74, 6) is 1.33. The fraction of sp³-hybridized carbons (Fsp3) is 0.516. The highest BCUT2D eigenvalue weighted by Gasteiger charge is 2.50. The van der Waals surface area contributed by atoms with Crippen molar-refractivity contribution in [2.75, 3.05) is 112 Å². The number of piperidine rings is 1. The van der Waals surface area contributed by atoms with Crippen molar-refractivity contribution in [3.8, 4) is 11.6 Å². The van der Waals surface area contributed by atoms with Crippen molar-refractivity contribution in [1.29, 1.82) is 0 Å². The summed E-state index contributed by atoms with van der Waals surface area (Å²) >= 11 is 0. The van der Waals surface area contributed by atoms with Crippen molar-refractivity contribution in [3.63, 3.8) is 0 Å². The molecule has 3 aromatic carbocycles. The number of ether oxygens (including phenoxy) is 4. The number of aromatic nitrogens is 3. The number of benzene rings is 3. The maximum absolute atomic E-state index is 14.9. The van der Waals surface area contributed by atoms with E-state index < -0.39 is 37.0 Å². The number of rotatable bonds is 15. The van der Waals surface area contributed by atoms with E-state index in [4.69, 9.17) is 28.9 Å². The molecule has 3 aromatic heterocycles. The highest BCUT2D eigenvalue weighted by atomic mass is 32.2. The molecule has 1 amide bonds. The van der Waals surface area contributed by atoms with Gasteiger partial charge in [0.05, 0.1) is 53.6 Å². The Balaban J connectivity index is 0.738. The molecule has 22 heteroatoms. The number of nitrogens with one attached hydrogen (secondary N) is 3. The number of aromatic amines is 1. The number of carbonyl (C=O) groups excluding carboxylic acids is 1. The lowest BCUT2D eigenvalue weighted by Gasteiger charge is -2.58. The number of nitro groups is 1. The number of methoxy groups -OCH3 is 1. The Morgan fingerprint density at radius 3 is 2.48 bits per heavy atom. The quantitative estimate of drug-likeness (QED) is 0.0556. The number of aliphatic hydroxyl groups is 1. The van der Waals surface area contributed by atoms with Gasteiger partial charge in [-0.2, -0.15) is 4.98 Å².